The fraction of sp³-hybridized carbons (Fsp3) is 0.450. The Bertz CT molecular complexity index is 4870. The number of carbonyl (C=O) groups excluding carboxylic acids is 3. The van der Waals surface area contributed by atoms with Crippen LogP contribution in [0.25, 0.3) is 85.6 Å². The van der Waals surface area contributed by atoms with Crippen molar-refractivity contribution in [3.05, 3.63) is 141 Å². The van der Waals surface area contributed by atoms with E-state index in [0.717, 1.165) is 205 Å². The van der Waals surface area contributed by atoms with E-state index in [4.69, 9.17) is 67.1 Å². The molecule has 14 rings (SSSR count). The Labute approximate surface area is 625 Å². The molecule has 1 N–H and O–H groups in total. The third-order valence-electron chi connectivity index (χ3n) is 20.6. The van der Waals surface area contributed by atoms with Gasteiger partial charge in [0.05, 0.1) is 74.9 Å². The summed E-state index contributed by atoms with van der Waals surface area (Å²) < 4.78 is 34.0. The highest BCUT2D eigenvalue weighted by Crippen LogP contribution is 2.48. The molecule has 8 heterocycles. The van der Waals surface area contributed by atoms with Gasteiger partial charge < -0.3 is 48.4 Å². The lowest BCUT2D eigenvalue weighted by Gasteiger charge is -2.43. The second kappa shape index (κ2) is 30.4. The fourth-order valence-electron chi connectivity index (χ4n) is 15.3. The molecule has 0 spiro atoms. The lowest BCUT2D eigenvalue weighted by atomic mass is 9.90. The molecule has 4 atom stereocenters. The van der Waals surface area contributed by atoms with Gasteiger partial charge in [-0.25, -0.2) is 29.1 Å². The Hall–Kier alpha value is -8.06. The van der Waals surface area contributed by atoms with E-state index in [9.17, 15) is 24.3 Å². The molecule has 0 saturated carbocycles. The summed E-state index contributed by atoms with van der Waals surface area (Å²) in [5.74, 6) is -0.801. The molecule has 104 heavy (non-hydrogen) atoms. The molecule has 24 heteroatoms. The van der Waals surface area contributed by atoms with Crippen LogP contribution >= 0.6 is 45.9 Å². The number of fused-ring (bicyclic) bond motifs is 4. The number of ether oxygens (including phenoxy) is 5. The highest BCUT2D eigenvalue weighted by molar-refractivity contribution is 7.22. The number of hydrogen-bond donors (Lipinski definition) is 1. The second-order valence-electron chi connectivity index (χ2n) is 29.9. The van der Waals surface area contributed by atoms with E-state index in [1.54, 1.807) is 22.7 Å². The molecule has 10 aromatic rings. The number of aryl methyl sites for hydroxylation is 4. The number of halogens is 2. The van der Waals surface area contributed by atoms with E-state index in [-0.39, 0.29) is 30.9 Å². The van der Waals surface area contributed by atoms with Gasteiger partial charge in [0.25, 0.3) is 0 Å². The summed E-state index contributed by atoms with van der Waals surface area (Å²) in [5.41, 5.74) is 13.3. The number of hydrogen-bond acceptors (Lipinski definition) is 17. The zero-order valence-corrected chi connectivity index (χ0v) is 64.6. The van der Waals surface area contributed by atoms with Gasteiger partial charge in [-0.05, 0) is 222 Å². The Kier molecular flexibility index (Phi) is 21.7. The van der Waals surface area contributed by atoms with E-state index in [1.165, 1.54) is 14.2 Å². The third kappa shape index (κ3) is 15.5. The summed E-state index contributed by atoms with van der Waals surface area (Å²) in [7, 11) is 6.90. The smallest absolute Gasteiger partial charge is 0.409 e. The number of likely N-dealkylation sites (tertiary alicyclic amines) is 4. The number of carboxylic acids is 1. The van der Waals surface area contributed by atoms with Crippen molar-refractivity contribution >= 4 is 112 Å². The van der Waals surface area contributed by atoms with Gasteiger partial charge in [0, 0.05) is 118 Å². The van der Waals surface area contributed by atoms with Gasteiger partial charge in [0.2, 0.25) is 0 Å². The Morgan fingerprint density at radius 2 is 0.933 bits per heavy atom. The standard InChI is InChI=1S/C41H48ClN5O5S.C39H44ClN5O5S/c1-8-51-39(48)36(52-41(3,4)5)33-24(2)21-31-37(34(33)25-9-12-28(42)13-10-25)53-38(43-31)27-11-14-32-30(22-27)35(44-45(32)6)26-15-18-46(19-16-26)23-29-17-20-47(29)40(49)50-7;1-22-19-29-35(32(23-7-10-26(40)11-8-23)31(22)34(37(46)47)50-39(2,3)4)51-36(41-29)25-9-12-30-28(20-25)33(42-43(30)5)24-13-16-44(17-14-24)21-27-15-18-45(27)38(48)49-6/h9-14,21-22,26,29,36H,8,15-20,23H2,1-7H3;7-12,19-20,24,27,34H,13-18,21H2,1-6H3,(H,46,47)/t29-,36+;27-,34+/m11/s1. The summed E-state index contributed by atoms with van der Waals surface area (Å²) in [6.07, 6.45) is 3.47. The number of benzene rings is 6. The number of piperidine rings is 2. The maximum Gasteiger partial charge on any atom is 0.409 e. The van der Waals surface area contributed by atoms with Crippen LogP contribution in [0.3, 0.4) is 0 Å². The topological polar surface area (TPSA) is 209 Å². The highest BCUT2D eigenvalue weighted by atomic mass is 35.5. The molecule has 2 amide bonds. The first-order chi connectivity index (χ1) is 49.6. The van der Waals surface area contributed by atoms with Gasteiger partial charge in [0.15, 0.2) is 12.2 Å². The monoisotopic (exact) mass is 1490 g/mol. The molecular weight excluding hydrogens is 1400 g/mol. The van der Waals surface area contributed by atoms with Crippen molar-refractivity contribution in [1.29, 1.82) is 0 Å². The largest absolute Gasteiger partial charge is 0.479 e. The average Bonchev–Trinajstić information content (AvgIpc) is 1.50. The normalized spacial score (nSPS) is 17.8. The summed E-state index contributed by atoms with van der Waals surface area (Å²) in [6, 6.07) is 32.6. The number of nitrogens with zero attached hydrogens (tertiary/aromatic N) is 10. The molecule has 0 aliphatic carbocycles. The number of methoxy groups -OCH3 is 2. The SMILES string of the molecule is CCOC(=O)[C@@H](OC(C)(C)C)c1c(C)cc2nc(-c3ccc4c(c3)c(C3CCN(C[C@H]5CCN5C(=O)OC)CC3)nn4C)sc2c1-c1ccc(Cl)cc1.COC(=O)N1CC[C@@H]1CN1CCC(c2nn(C)c3ccc(-c4nc5cc(C)c([C@H](OC(C)(C)C)C(=O)O)c(-c6ccc(Cl)cc6)c5s4)cc23)CC1. The minimum Gasteiger partial charge on any atom is -0.479 e. The number of amides is 2. The predicted molar refractivity (Wildman–Crippen MR) is 412 cm³/mol. The summed E-state index contributed by atoms with van der Waals surface area (Å²) in [5, 5.41) is 25.8. The number of esters is 1. The molecule has 0 unspecified atom stereocenters. The zero-order valence-electron chi connectivity index (χ0n) is 61.5. The van der Waals surface area contributed by atoms with Crippen molar-refractivity contribution in [3.63, 3.8) is 0 Å². The van der Waals surface area contributed by atoms with Gasteiger partial charge in [-0.2, -0.15) is 10.2 Å². The van der Waals surface area contributed by atoms with Crippen molar-refractivity contribution in [2.45, 2.75) is 148 Å². The maximum atomic E-state index is 13.6. The van der Waals surface area contributed by atoms with Crippen molar-refractivity contribution in [2.24, 2.45) is 14.1 Å². The van der Waals surface area contributed by atoms with Gasteiger partial charge in [-0.3, -0.25) is 9.36 Å². The first kappa shape index (κ1) is 74.2. The minimum atomic E-state index is -1.17. The zero-order chi connectivity index (χ0) is 73.8. The first-order valence-corrected chi connectivity index (χ1v) is 38.3. The van der Waals surface area contributed by atoms with Crippen LogP contribution in [0.15, 0.2) is 97.1 Å². The summed E-state index contributed by atoms with van der Waals surface area (Å²) in [6.45, 7) is 24.6. The van der Waals surface area contributed by atoms with E-state index >= 15 is 0 Å². The van der Waals surface area contributed by atoms with Crippen LogP contribution in [0, 0.1) is 13.8 Å². The molecule has 548 valence electrons. The molecule has 4 aromatic heterocycles. The van der Waals surface area contributed by atoms with Crippen molar-refractivity contribution in [3.8, 4) is 43.4 Å². The Morgan fingerprint density at radius 3 is 1.29 bits per heavy atom. The summed E-state index contributed by atoms with van der Waals surface area (Å²) >= 11 is 15.8. The molecular formula is C80H92Cl2N10O10S2. The summed E-state index contributed by atoms with van der Waals surface area (Å²) in [4.78, 5) is 69.4. The molecule has 4 aliphatic heterocycles. The Balaban J connectivity index is 0.000000185. The number of carbonyl (C=O) groups is 4. The lowest BCUT2D eigenvalue weighted by Crippen LogP contribution is -2.56. The molecule has 6 aromatic carbocycles. The number of aliphatic carboxylic acids is 1. The molecule has 4 saturated heterocycles. The average molecular weight is 1490 g/mol. The van der Waals surface area contributed by atoms with E-state index < -0.39 is 35.3 Å². The number of thiazole rings is 2. The highest BCUT2D eigenvalue weighted by Gasteiger charge is 2.40. The van der Waals surface area contributed by atoms with E-state index in [1.807, 2.05) is 150 Å². The number of aromatic nitrogens is 6. The molecule has 4 aliphatic rings. The number of rotatable bonds is 17. The van der Waals surface area contributed by atoms with Crippen LogP contribution in [-0.4, -0.2) is 175 Å². The predicted octanol–water partition coefficient (Wildman–Crippen LogP) is 17.4. The van der Waals surface area contributed by atoms with Gasteiger partial charge in [0.1, 0.15) is 10.0 Å². The van der Waals surface area contributed by atoms with Crippen molar-refractivity contribution < 1.29 is 48.0 Å². The van der Waals surface area contributed by atoms with Crippen LogP contribution in [0.2, 0.25) is 10.0 Å². The van der Waals surface area contributed by atoms with Crippen LogP contribution in [0.1, 0.15) is 145 Å². The fourth-order valence-corrected chi connectivity index (χ4v) is 17.8. The first-order valence-electron chi connectivity index (χ1n) is 35.9. The van der Waals surface area contributed by atoms with Gasteiger partial charge >= 0.3 is 24.1 Å². The van der Waals surface area contributed by atoms with E-state index in [2.05, 4.69) is 52.3 Å². The van der Waals surface area contributed by atoms with Crippen LogP contribution in [0.5, 0.6) is 0 Å². The molecule has 20 nitrogen and oxygen atoms in total. The number of carboxylic acid groups (broad SMARTS) is 1. The lowest BCUT2D eigenvalue weighted by molar-refractivity contribution is -0.166. The Morgan fingerprint density at radius 1 is 0.548 bits per heavy atom. The molecule has 0 radical (unpaired) electrons. The third-order valence-corrected chi connectivity index (χ3v) is 23.3. The maximum absolute atomic E-state index is 13.6. The van der Waals surface area contributed by atoms with E-state index in [0.29, 0.717) is 27.4 Å². The van der Waals surface area contributed by atoms with Gasteiger partial charge in [-0.15, -0.1) is 22.7 Å². The van der Waals surface area contributed by atoms with Gasteiger partial charge in [-0.1, -0.05) is 47.5 Å². The van der Waals surface area contributed by atoms with Crippen LogP contribution in [-0.2, 0) is 47.4 Å². The van der Waals surface area contributed by atoms with Crippen molar-refractivity contribution in [2.75, 3.05) is 73.2 Å². The quantitative estimate of drug-likeness (QED) is 0.0664. The second-order valence-corrected chi connectivity index (χ2v) is 32.7. The minimum absolute atomic E-state index is 0.224. The molecule has 4 fully saturated rings. The molecule has 0 bridgehead atoms. The van der Waals surface area contributed by atoms with Crippen LogP contribution < -0.4 is 0 Å². The van der Waals surface area contributed by atoms with Crippen molar-refractivity contribution in [1.82, 2.24) is 49.1 Å². The van der Waals surface area contributed by atoms with Crippen LogP contribution in [0.4, 0.5) is 9.59 Å².